The predicted molar refractivity (Wildman–Crippen MR) is 50.8 cm³/mol. The maximum absolute atomic E-state index is 12.9. The van der Waals surface area contributed by atoms with Crippen molar-refractivity contribution < 1.29 is 18.7 Å². The number of halogens is 2. The van der Waals surface area contributed by atoms with Crippen molar-refractivity contribution >= 4 is 5.97 Å². The van der Waals surface area contributed by atoms with E-state index in [-0.39, 0.29) is 11.4 Å². The van der Waals surface area contributed by atoms with Crippen molar-refractivity contribution in [2.45, 2.75) is 6.54 Å². The molecule has 0 saturated carbocycles. The fourth-order valence-corrected chi connectivity index (χ4v) is 1.18. The smallest absolute Gasteiger partial charge is 0.327 e. The highest BCUT2D eigenvalue weighted by atomic mass is 19.2. The van der Waals surface area contributed by atoms with Crippen LogP contribution in [0.2, 0.25) is 0 Å². The van der Waals surface area contributed by atoms with Crippen molar-refractivity contribution in [3.63, 3.8) is 0 Å². The van der Waals surface area contributed by atoms with Gasteiger partial charge in [-0.3, -0.25) is 4.79 Å². The van der Waals surface area contributed by atoms with E-state index in [4.69, 9.17) is 5.11 Å². The normalized spacial score (nSPS) is 10.5. The van der Waals surface area contributed by atoms with Gasteiger partial charge in [0.25, 0.3) is 0 Å². The third-order valence-electron chi connectivity index (χ3n) is 1.91. The van der Waals surface area contributed by atoms with Gasteiger partial charge in [-0.25, -0.2) is 8.78 Å². The minimum atomic E-state index is -1.13. The number of carbonyl (C=O) groups is 1. The lowest BCUT2D eigenvalue weighted by Gasteiger charge is -1.95. The zero-order valence-electron chi connectivity index (χ0n) is 8.34. The third-order valence-corrected chi connectivity index (χ3v) is 1.91. The van der Waals surface area contributed by atoms with E-state index in [1.807, 2.05) is 0 Å². The van der Waals surface area contributed by atoms with Crippen LogP contribution in [0.15, 0.2) is 18.2 Å². The molecule has 17 heavy (non-hydrogen) atoms. The maximum Gasteiger partial charge on any atom is 0.327 e. The number of rotatable bonds is 3. The van der Waals surface area contributed by atoms with Gasteiger partial charge in [-0.2, -0.15) is 4.80 Å². The fourth-order valence-electron chi connectivity index (χ4n) is 1.18. The summed E-state index contributed by atoms with van der Waals surface area (Å²) >= 11 is 0. The second-order valence-corrected chi connectivity index (χ2v) is 3.17. The van der Waals surface area contributed by atoms with Crippen molar-refractivity contribution in [3.8, 4) is 11.4 Å². The Balaban J connectivity index is 2.30. The summed E-state index contributed by atoms with van der Waals surface area (Å²) in [6.45, 7) is -0.448. The van der Waals surface area contributed by atoms with Crippen LogP contribution in [0.1, 0.15) is 0 Å². The molecule has 0 amide bonds. The number of benzene rings is 1. The van der Waals surface area contributed by atoms with E-state index in [1.165, 1.54) is 6.07 Å². The zero-order valence-corrected chi connectivity index (χ0v) is 8.34. The number of carboxylic acids is 1. The summed E-state index contributed by atoms with van der Waals surface area (Å²) < 4.78 is 25.6. The lowest BCUT2D eigenvalue weighted by molar-refractivity contribution is -0.138. The van der Waals surface area contributed by atoms with Crippen LogP contribution in [-0.4, -0.2) is 31.3 Å². The molecule has 0 saturated heterocycles. The zero-order chi connectivity index (χ0) is 12.4. The van der Waals surface area contributed by atoms with Crippen LogP contribution >= 0.6 is 0 Å². The van der Waals surface area contributed by atoms with E-state index in [1.54, 1.807) is 0 Å². The van der Waals surface area contributed by atoms with Crippen LogP contribution in [0.25, 0.3) is 11.4 Å². The molecule has 0 aliphatic heterocycles. The van der Waals surface area contributed by atoms with Crippen LogP contribution in [0.3, 0.4) is 0 Å². The molecule has 1 aromatic carbocycles. The lowest BCUT2D eigenvalue weighted by Crippen LogP contribution is -2.11. The van der Waals surface area contributed by atoms with Crippen LogP contribution in [0, 0.1) is 11.6 Å². The highest BCUT2D eigenvalue weighted by Crippen LogP contribution is 2.16. The Kier molecular flexibility index (Phi) is 2.77. The minimum absolute atomic E-state index is 0.0325. The van der Waals surface area contributed by atoms with E-state index in [0.29, 0.717) is 0 Å². The molecule has 0 unspecified atom stereocenters. The highest BCUT2D eigenvalue weighted by Gasteiger charge is 2.10. The van der Waals surface area contributed by atoms with E-state index in [0.717, 1.165) is 16.9 Å². The summed E-state index contributed by atoms with van der Waals surface area (Å²) in [4.78, 5) is 11.2. The number of aromatic nitrogens is 4. The maximum atomic E-state index is 12.9. The molecule has 0 bridgehead atoms. The Labute approximate surface area is 93.5 Å². The van der Waals surface area contributed by atoms with Crippen molar-refractivity contribution in [2.75, 3.05) is 0 Å². The molecule has 1 aromatic heterocycles. The fraction of sp³-hybridized carbons (Fsp3) is 0.111. The van der Waals surface area contributed by atoms with Crippen molar-refractivity contribution in [3.05, 3.63) is 29.8 Å². The highest BCUT2D eigenvalue weighted by molar-refractivity contribution is 5.66. The second kappa shape index (κ2) is 4.24. The number of nitrogens with zero attached hydrogens (tertiary/aromatic N) is 4. The molecule has 6 nitrogen and oxygen atoms in total. The third kappa shape index (κ3) is 2.41. The Morgan fingerprint density at radius 3 is 2.76 bits per heavy atom. The molecule has 0 radical (unpaired) electrons. The first-order valence-electron chi connectivity index (χ1n) is 4.51. The summed E-state index contributed by atoms with van der Waals surface area (Å²) in [6.07, 6.45) is 0. The van der Waals surface area contributed by atoms with Gasteiger partial charge in [0.1, 0.15) is 0 Å². The number of tetrazole rings is 1. The molecule has 0 atom stereocenters. The molecular formula is C9H6F2N4O2. The molecule has 0 spiro atoms. The predicted octanol–water partition coefficient (Wildman–Crippen LogP) is 0.703. The summed E-state index contributed by atoms with van der Waals surface area (Å²) in [5.74, 6) is -3.10. The van der Waals surface area contributed by atoms with E-state index in [9.17, 15) is 13.6 Å². The van der Waals surface area contributed by atoms with Gasteiger partial charge in [0, 0.05) is 5.56 Å². The Bertz CT molecular complexity index is 570. The number of hydrogen-bond acceptors (Lipinski definition) is 4. The van der Waals surface area contributed by atoms with E-state index >= 15 is 0 Å². The molecule has 1 heterocycles. The molecule has 2 rings (SSSR count). The van der Waals surface area contributed by atoms with Crippen molar-refractivity contribution in [1.29, 1.82) is 0 Å². The average molecular weight is 240 g/mol. The largest absolute Gasteiger partial charge is 0.480 e. The van der Waals surface area contributed by atoms with Crippen LogP contribution in [-0.2, 0) is 11.3 Å². The lowest BCUT2D eigenvalue weighted by atomic mass is 10.2. The molecule has 88 valence electrons. The van der Waals surface area contributed by atoms with Crippen LogP contribution < -0.4 is 0 Å². The topological polar surface area (TPSA) is 80.9 Å². The van der Waals surface area contributed by atoms with E-state index in [2.05, 4.69) is 15.4 Å². The summed E-state index contributed by atoms with van der Waals surface area (Å²) in [5, 5.41) is 19.2. The van der Waals surface area contributed by atoms with Crippen LogP contribution in [0.5, 0.6) is 0 Å². The summed E-state index contributed by atoms with van der Waals surface area (Å²) in [7, 11) is 0. The number of aliphatic carboxylic acids is 1. The van der Waals surface area contributed by atoms with Gasteiger partial charge in [0.05, 0.1) is 0 Å². The summed E-state index contributed by atoms with van der Waals surface area (Å²) in [6, 6.07) is 3.13. The van der Waals surface area contributed by atoms with Gasteiger partial charge in [0.2, 0.25) is 5.82 Å². The quantitative estimate of drug-likeness (QED) is 0.854. The van der Waals surface area contributed by atoms with Gasteiger partial charge >= 0.3 is 5.97 Å². The molecule has 8 heteroatoms. The first-order valence-corrected chi connectivity index (χ1v) is 4.51. The standard InChI is InChI=1S/C9H6F2N4O2/c10-6-2-1-5(3-7(6)11)9-12-14-15(13-9)4-8(16)17/h1-3H,4H2,(H,16,17). The van der Waals surface area contributed by atoms with Gasteiger partial charge < -0.3 is 5.11 Å². The molecule has 0 aliphatic carbocycles. The molecule has 1 N–H and O–H groups in total. The Morgan fingerprint density at radius 2 is 2.12 bits per heavy atom. The van der Waals surface area contributed by atoms with Gasteiger partial charge in [-0.15, -0.1) is 10.2 Å². The molecule has 2 aromatic rings. The first kappa shape index (κ1) is 11.1. The SMILES string of the molecule is O=C(O)Cn1nnc(-c2ccc(F)c(F)c2)n1. The Morgan fingerprint density at radius 1 is 1.35 bits per heavy atom. The van der Waals surface area contributed by atoms with Gasteiger partial charge in [-0.05, 0) is 23.4 Å². The number of carboxylic acid groups (broad SMARTS) is 1. The molecular weight excluding hydrogens is 234 g/mol. The average Bonchev–Trinajstić information content (AvgIpc) is 2.69. The van der Waals surface area contributed by atoms with Gasteiger partial charge in [0.15, 0.2) is 18.2 Å². The van der Waals surface area contributed by atoms with Crippen molar-refractivity contribution in [2.24, 2.45) is 0 Å². The number of hydrogen-bond donors (Lipinski definition) is 1. The minimum Gasteiger partial charge on any atom is -0.480 e. The second-order valence-electron chi connectivity index (χ2n) is 3.17. The molecule has 0 aliphatic rings. The Hall–Kier alpha value is -2.38. The van der Waals surface area contributed by atoms with E-state index < -0.39 is 24.1 Å². The van der Waals surface area contributed by atoms with Crippen molar-refractivity contribution in [1.82, 2.24) is 20.2 Å². The monoisotopic (exact) mass is 240 g/mol. The first-order chi connectivity index (χ1) is 8.06. The molecule has 0 fully saturated rings. The van der Waals surface area contributed by atoms with Crippen LogP contribution in [0.4, 0.5) is 8.78 Å². The van der Waals surface area contributed by atoms with Gasteiger partial charge in [-0.1, -0.05) is 0 Å². The summed E-state index contributed by atoms with van der Waals surface area (Å²) in [5.41, 5.74) is 0.223.